The minimum atomic E-state index is -0.462. The van der Waals surface area contributed by atoms with Gasteiger partial charge in [0.1, 0.15) is 17.3 Å². The quantitative estimate of drug-likeness (QED) is 0.789. The molecular weight excluding hydrogens is 245 g/mol. The van der Waals surface area contributed by atoms with Crippen LogP contribution in [0, 0.1) is 12.7 Å². The smallest absolute Gasteiger partial charge is 0.132 e. The molecular formula is C15H16FNO2. The Hall–Kier alpha value is -2.23. The lowest BCUT2D eigenvalue weighted by Crippen LogP contribution is -2.08. The van der Waals surface area contributed by atoms with Crippen LogP contribution >= 0.6 is 0 Å². The summed E-state index contributed by atoms with van der Waals surface area (Å²) < 4.78 is 13.7. The van der Waals surface area contributed by atoms with Gasteiger partial charge in [0.2, 0.25) is 0 Å². The molecule has 0 fully saturated rings. The van der Waals surface area contributed by atoms with E-state index in [-0.39, 0.29) is 17.5 Å². The largest absolute Gasteiger partial charge is 0.508 e. The molecule has 2 aromatic rings. The van der Waals surface area contributed by atoms with Crippen molar-refractivity contribution in [1.82, 2.24) is 0 Å². The van der Waals surface area contributed by atoms with Gasteiger partial charge >= 0.3 is 0 Å². The summed E-state index contributed by atoms with van der Waals surface area (Å²) >= 11 is 0. The highest BCUT2D eigenvalue weighted by Gasteiger charge is 2.11. The SMILES string of the molecule is Cc1ccc(NC(C)c2ccc(O)cc2F)cc1O. The Morgan fingerprint density at radius 1 is 1.11 bits per heavy atom. The van der Waals surface area contributed by atoms with Gasteiger partial charge in [-0.15, -0.1) is 0 Å². The van der Waals surface area contributed by atoms with Gasteiger partial charge in [0.05, 0.1) is 6.04 Å². The third kappa shape index (κ3) is 2.96. The first-order chi connectivity index (χ1) is 8.97. The van der Waals surface area contributed by atoms with Crippen LogP contribution in [0.25, 0.3) is 0 Å². The van der Waals surface area contributed by atoms with Crippen molar-refractivity contribution < 1.29 is 14.6 Å². The summed E-state index contributed by atoms with van der Waals surface area (Å²) in [5.41, 5.74) is 1.95. The molecule has 1 unspecified atom stereocenters. The number of phenolic OH excluding ortho intramolecular Hbond substituents is 2. The van der Waals surface area contributed by atoms with Gasteiger partial charge < -0.3 is 15.5 Å². The molecule has 19 heavy (non-hydrogen) atoms. The minimum absolute atomic E-state index is 0.0959. The second-order valence-electron chi connectivity index (χ2n) is 4.57. The first-order valence-electron chi connectivity index (χ1n) is 6.02. The summed E-state index contributed by atoms with van der Waals surface area (Å²) in [5.74, 6) is -0.360. The third-order valence-electron chi connectivity index (χ3n) is 3.04. The topological polar surface area (TPSA) is 52.5 Å². The lowest BCUT2D eigenvalue weighted by Gasteiger charge is -2.17. The number of rotatable bonds is 3. The molecule has 0 saturated carbocycles. The number of aryl methyl sites for hydroxylation is 1. The maximum atomic E-state index is 13.7. The Morgan fingerprint density at radius 3 is 2.47 bits per heavy atom. The molecule has 0 radical (unpaired) electrons. The van der Waals surface area contributed by atoms with E-state index in [9.17, 15) is 14.6 Å². The monoisotopic (exact) mass is 261 g/mol. The van der Waals surface area contributed by atoms with Crippen molar-refractivity contribution in [3.05, 3.63) is 53.3 Å². The van der Waals surface area contributed by atoms with E-state index in [0.717, 1.165) is 11.6 Å². The second-order valence-corrected chi connectivity index (χ2v) is 4.57. The molecule has 0 heterocycles. The molecule has 4 heteroatoms. The number of phenols is 2. The van der Waals surface area contributed by atoms with Crippen LogP contribution in [-0.4, -0.2) is 10.2 Å². The Balaban J connectivity index is 2.20. The standard InChI is InChI=1S/C15H16FNO2/c1-9-3-4-11(7-15(9)19)17-10(2)13-6-5-12(18)8-14(13)16/h3-8,10,17-19H,1-2H3. The molecule has 0 bridgehead atoms. The molecule has 0 aliphatic heterocycles. The average Bonchev–Trinajstić information content (AvgIpc) is 2.33. The zero-order valence-electron chi connectivity index (χ0n) is 10.8. The van der Waals surface area contributed by atoms with Crippen molar-refractivity contribution in [2.75, 3.05) is 5.32 Å². The van der Waals surface area contributed by atoms with E-state index in [1.54, 1.807) is 12.1 Å². The summed E-state index contributed by atoms with van der Waals surface area (Å²) in [5, 5.41) is 21.9. The average molecular weight is 261 g/mol. The highest BCUT2D eigenvalue weighted by atomic mass is 19.1. The van der Waals surface area contributed by atoms with Crippen molar-refractivity contribution in [3.63, 3.8) is 0 Å². The zero-order chi connectivity index (χ0) is 14.0. The second kappa shape index (κ2) is 5.18. The van der Waals surface area contributed by atoms with Crippen LogP contribution in [0.1, 0.15) is 24.1 Å². The Labute approximate surface area is 111 Å². The fourth-order valence-corrected chi connectivity index (χ4v) is 1.89. The number of hydrogen-bond donors (Lipinski definition) is 3. The van der Waals surface area contributed by atoms with Gasteiger partial charge in [-0.1, -0.05) is 12.1 Å². The zero-order valence-corrected chi connectivity index (χ0v) is 10.8. The first kappa shape index (κ1) is 13.2. The van der Waals surface area contributed by atoms with Crippen LogP contribution in [0.5, 0.6) is 11.5 Å². The molecule has 1 atom stereocenters. The third-order valence-corrected chi connectivity index (χ3v) is 3.04. The minimum Gasteiger partial charge on any atom is -0.508 e. The number of aromatic hydroxyl groups is 2. The molecule has 0 aliphatic rings. The fraction of sp³-hybridized carbons (Fsp3) is 0.200. The van der Waals surface area contributed by atoms with Gasteiger partial charge in [-0.25, -0.2) is 4.39 Å². The predicted molar refractivity (Wildman–Crippen MR) is 72.9 cm³/mol. The predicted octanol–water partition coefficient (Wildman–Crippen LogP) is 3.72. The van der Waals surface area contributed by atoms with Crippen molar-refractivity contribution in [2.24, 2.45) is 0 Å². The Morgan fingerprint density at radius 2 is 1.84 bits per heavy atom. The Kier molecular flexibility index (Phi) is 3.60. The highest BCUT2D eigenvalue weighted by Crippen LogP contribution is 2.27. The number of halogens is 1. The lowest BCUT2D eigenvalue weighted by atomic mass is 10.1. The number of hydrogen-bond acceptors (Lipinski definition) is 3. The molecule has 0 spiro atoms. The summed E-state index contributed by atoms with van der Waals surface area (Å²) in [6, 6.07) is 9.01. The van der Waals surface area contributed by atoms with Gasteiger partial charge in [-0.3, -0.25) is 0 Å². The van der Waals surface area contributed by atoms with Crippen LogP contribution in [0.3, 0.4) is 0 Å². The Bertz CT molecular complexity index is 599. The molecule has 3 N–H and O–H groups in total. The molecule has 0 saturated heterocycles. The maximum Gasteiger partial charge on any atom is 0.132 e. The van der Waals surface area contributed by atoms with Crippen LogP contribution < -0.4 is 5.32 Å². The number of benzene rings is 2. The van der Waals surface area contributed by atoms with Crippen LogP contribution in [0.15, 0.2) is 36.4 Å². The van der Waals surface area contributed by atoms with Crippen molar-refractivity contribution in [1.29, 1.82) is 0 Å². The molecule has 2 aromatic carbocycles. The van der Waals surface area contributed by atoms with Gasteiger partial charge in [0.15, 0.2) is 0 Å². The van der Waals surface area contributed by atoms with Crippen LogP contribution in [0.2, 0.25) is 0 Å². The van der Waals surface area contributed by atoms with Crippen molar-refractivity contribution >= 4 is 5.69 Å². The summed E-state index contributed by atoms with van der Waals surface area (Å²) in [7, 11) is 0. The van der Waals surface area contributed by atoms with E-state index in [4.69, 9.17) is 0 Å². The van der Waals surface area contributed by atoms with E-state index in [0.29, 0.717) is 11.3 Å². The van der Waals surface area contributed by atoms with E-state index >= 15 is 0 Å². The maximum absolute atomic E-state index is 13.7. The number of nitrogens with one attached hydrogen (secondary N) is 1. The van der Waals surface area contributed by atoms with Gasteiger partial charge in [0, 0.05) is 23.4 Å². The van der Waals surface area contributed by atoms with Gasteiger partial charge in [0.25, 0.3) is 0 Å². The molecule has 0 aliphatic carbocycles. The lowest BCUT2D eigenvalue weighted by molar-refractivity contribution is 0.467. The van der Waals surface area contributed by atoms with Crippen molar-refractivity contribution in [2.45, 2.75) is 19.9 Å². The van der Waals surface area contributed by atoms with E-state index in [1.165, 1.54) is 12.1 Å². The fourth-order valence-electron chi connectivity index (χ4n) is 1.89. The van der Waals surface area contributed by atoms with Crippen LogP contribution in [-0.2, 0) is 0 Å². The summed E-state index contributed by atoms with van der Waals surface area (Å²) in [6.07, 6.45) is 0. The summed E-state index contributed by atoms with van der Waals surface area (Å²) in [6.45, 7) is 3.62. The van der Waals surface area contributed by atoms with E-state index in [1.807, 2.05) is 19.9 Å². The van der Waals surface area contributed by atoms with E-state index < -0.39 is 5.82 Å². The van der Waals surface area contributed by atoms with E-state index in [2.05, 4.69) is 5.32 Å². The molecule has 2 rings (SSSR count). The molecule has 100 valence electrons. The molecule has 0 amide bonds. The van der Waals surface area contributed by atoms with Gasteiger partial charge in [-0.2, -0.15) is 0 Å². The number of anilines is 1. The first-order valence-corrected chi connectivity index (χ1v) is 6.02. The normalized spacial score (nSPS) is 12.2. The van der Waals surface area contributed by atoms with Crippen molar-refractivity contribution in [3.8, 4) is 11.5 Å². The van der Waals surface area contributed by atoms with Crippen LogP contribution in [0.4, 0.5) is 10.1 Å². The van der Waals surface area contributed by atoms with Gasteiger partial charge in [-0.05, 0) is 31.5 Å². The molecule has 3 nitrogen and oxygen atoms in total. The molecule has 0 aromatic heterocycles. The highest BCUT2D eigenvalue weighted by molar-refractivity contribution is 5.52. The summed E-state index contributed by atoms with van der Waals surface area (Å²) in [4.78, 5) is 0.